The Bertz CT molecular complexity index is 776. The third kappa shape index (κ3) is 5.05. The molecule has 1 saturated heterocycles. The smallest absolute Gasteiger partial charge is 0.319 e. The third-order valence-electron chi connectivity index (χ3n) is 4.90. The molecular formula is C19H27N5O3. The summed E-state index contributed by atoms with van der Waals surface area (Å²) in [5, 5.41) is 23.1. The molecule has 3 N–H and O–H groups in total. The minimum atomic E-state index is -0.255. The molecule has 1 atom stereocenters. The van der Waals surface area contributed by atoms with E-state index in [1.807, 2.05) is 25.1 Å². The van der Waals surface area contributed by atoms with E-state index in [0.717, 1.165) is 43.5 Å². The Morgan fingerprint density at radius 1 is 1.33 bits per heavy atom. The topological polar surface area (TPSA) is 104 Å². The molecule has 8 nitrogen and oxygen atoms in total. The minimum absolute atomic E-state index is 0.174. The molecule has 0 aliphatic carbocycles. The summed E-state index contributed by atoms with van der Waals surface area (Å²) in [5.74, 6) is 0.924. The van der Waals surface area contributed by atoms with Crippen molar-refractivity contribution in [2.75, 3.05) is 31.6 Å². The third-order valence-corrected chi connectivity index (χ3v) is 4.90. The second-order valence-corrected chi connectivity index (χ2v) is 6.90. The van der Waals surface area contributed by atoms with E-state index >= 15 is 0 Å². The van der Waals surface area contributed by atoms with Gasteiger partial charge in [-0.05, 0) is 44.0 Å². The lowest BCUT2D eigenvalue weighted by atomic mass is 10.0. The lowest BCUT2D eigenvalue weighted by Gasteiger charge is -2.34. The molecule has 1 aliphatic rings. The zero-order valence-corrected chi connectivity index (χ0v) is 15.9. The number of anilines is 1. The molecule has 1 fully saturated rings. The van der Waals surface area contributed by atoms with Gasteiger partial charge in [-0.2, -0.15) is 0 Å². The lowest BCUT2D eigenvalue weighted by molar-refractivity contribution is 0.0917. The van der Waals surface area contributed by atoms with Gasteiger partial charge in [0.2, 0.25) is 11.8 Å². The van der Waals surface area contributed by atoms with Crippen molar-refractivity contribution in [3.05, 3.63) is 29.7 Å². The van der Waals surface area contributed by atoms with Gasteiger partial charge < -0.3 is 20.2 Å². The summed E-state index contributed by atoms with van der Waals surface area (Å²) in [6.45, 7) is 6.08. The zero-order valence-electron chi connectivity index (χ0n) is 15.9. The Labute approximate surface area is 159 Å². The standard InChI is InChI=1S/C19H27N5O3/c1-13-6-7-15(18-23-22-14(2)27-18)11-17(13)21-19(26)20-8-10-24-9-4-3-5-16(24)12-25/h6-7,11,16,25H,3-5,8-10,12H2,1-2H3,(H2,20,21,26)/t16-/m0/s1. The molecule has 0 bridgehead atoms. The summed E-state index contributed by atoms with van der Waals surface area (Å²) in [4.78, 5) is 14.5. The number of aliphatic hydroxyl groups excluding tert-OH is 1. The largest absolute Gasteiger partial charge is 0.421 e. The normalized spacial score (nSPS) is 17.7. The van der Waals surface area contributed by atoms with Gasteiger partial charge in [-0.25, -0.2) is 4.79 Å². The first-order valence-corrected chi connectivity index (χ1v) is 9.37. The summed E-state index contributed by atoms with van der Waals surface area (Å²) in [5.41, 5.74) is 2.41. The van der Waals surface area contributed by atoms with Crippen LogP contribution >= 0.6 is 0 Å². The first-order valence-electron chi connectivity index (χ1n) is 9.37. The van der Waals surface area contributed by atoms with Gasteiger partial charge in [-0.3, -0.25) is 4.90 Å². The van der Waals surface area contributed by atoms with Crippen LogP contribution in [0.2, 0.25) is 0 Å². The molecule has 1 aliphatic heterocycles. The van der Waals surface area contributed by atoms with Crippen LogP contribution in [0, 0.1) is 13.8 Å². The molecule has 1 aromatic carbocycles. The van der Waals surface area contributed by atoms with Crippen molar-refractivity contribution in [1.82, 2.24) is 20.4 Å². The summed E-state index contributed by atoms with van der Waals surface area (Å²) in [6.07, 6.45) is 3.32. The molecule has 8 heteroatoms. The van der Waals surface area contributed by atoms with Crippen molar-refractivity contribution in [2.45, 2.75) is 39.2 Å². The molecule has 146 valence electrons. The monoisotopic (exact) mass is 373 g/mol. The summed E-state index contributed by atoms with van der Waals surface area (Å²) < 4.78 is 5.45. The number of aliphatic hydroxyl groups is 1. The second-order valence-electron chi connectivity index (χ2n) is 6.90. The van der Waals surface area contributed by atoms with E-state index in [0.29, 0.717) is 24.0 Å². The molecular weight excluding hydrogens is 346 g/mol. The summed E-state index contributed by atoms with van der Waals surface area (Å²) in [7, 11) is 0. The van der Waals surface area contributed by atoms with Crippen LogP contribution in [-0.2, 0) is 0 Å². The number of aromatic nitrogens is 2. The highest BCUT2D eigenvalue weighted by molar-refractivity contribution is 5.90. The highest BCUT2D eigenvalue weighted by Gasteiger charge is 2.21. The average Bonchev–Trinajstić information content (AvgIpc) is 3.10. The number of aryl methyl sites for hydroxylation is 2. The van der Waals surface area contributed by atoms with Crippen LogP contribution < -0.4 is 10.6 Å². The highest BCUT2D eigenvalue weighted by Crippen LogP contribution is 2.24. The minimum Gasteiger partial charge on any atom is -0.421 e. The number of carbonyl (C=O) groups excluding carboxylic acids is 1. The van der Waals surface area contributed by atoms with Crippen molar-refractivity contribution in [3.8, 4) is 11.5 Å². The Balaban J connectivity index is 1.54. The number of urea groups is 1. The number of hydrogen-bond donors (Lipinski definition) is 3. The van der Waals surface area contributed by atoms with E-state index in [2.05, 4.69) is 25.7 Å². The van der Waals surface area contributed by atoms with E-state index in [4.69, 9.17) is 4.42 Å². The summed E-state index contributed by atoms with van der Waals surface area (Å²) in [6, 6.07) is 5.57. The second kappa shape index (κ2) is 8.96. The fourth-order valence-corrected chi connectivity index (χ4v) is 3.34. The number of nitrogens with one attached hydrogen (secondary N) is 2. The van der Waals surface area contributed by atoms with Crippen LogP contribution in [0.4, 0.5) is 10.5 Å². The number of rotatable bonds is 6. The molecule has 2 aromatic rings. The molecule has 0 spiro atoms. The Kier molecular flexibility index (Phi) is 6.41. The van der Waals surface area contributed by atoms with Gasteiger partial charge in [0, 0.05) is 37.3 Å². The van der Waals surface area contributed by atoms with E-state index in [1.165, 1.54) is 0 Å². The van der Waals surface area contributed by atoms with Gasteiger partial charge in [-0.1, -0.05) is 12.5 Å². The zero-order chi connectivity index (χ0) is 19.2. The predicted molar refractivity (Wildman–Crippen MR) is 103 cm³/mol. The molecule has 2 amide bonds. The van der Waals surface area contributed by atoms with Gasteiger partial charge in [0.25, 0.3) is 0 Å². The van der Waals surface area contributed by atoms with Gasteiger partial charge in [-0.15, -0.1) is 10.2 Å². The fraction of sp³-hybridized carbons (Fsp3) is 0.526. The number of nitrogens with zero attached hydrogens (tertiary/aromatic N) is 3. The van der Waals surface area contributed by atoms with Gasteiger partial charge in [0.15, 0.2) is 0 Å². The highest BCUT2D eigenvalue weighted by atomic mass is 16.4. The molecule has 1 aromatic heterocycles. The van der Waals surface area contributed by atoms with Crippen molar-refractivity contribution in [1.29, 1.82) is 0 Å². The van der Waals surface area contributed by atoms with Crippen LogP contribution in [0.25, 0.3) is 11.5 Å². The van der Waals surface area contributed by atoms with Crippen LogP contribution in [0.1, 0.15) is 30.7 Å². The molecule has 3 rings (SSSR count). The Morgan fingerprint density at radius 3 is 2.93 bits per heavy atom. The quantitative estimate of drug-likeness (QED) is 0.718. The maximum atomic E-state index is 12.3. The average molecular weight is 373 g/mol. The van der Waals surface area contributed by atoms with Gasteiger partial charge >= 0.3 is 6.03 Å². The van der Waals surface area contributed by atoms with E-state index in [1.54, 1.807) is 6.92 Å². The van der Waals surface area contributed by atoms with Gasteiger partial charge in [0.1, 0.15) is 0 Å². The predicted octanol–water partition coefficient (Wildman–Crippen LogP) is 2.32. The van der Waals surface area contributed by atoms with Crippen LogP contribution in [0.15, 0.2) is 22.6 Å². The number of piperidine rings is 1. The van der Waals surface area contributed by atoms with Crippen molar-refractivity contribution >= 4 is 11.7 Å². The van der Waals surface area contributed by atoms with Crippen molar-refractivity contribution in [2.24, 2.45) is 0 Å². The van der Waals surface area contributed by atoms with E-state index < -0.39 is 0 Å². The van der Waals surface area contributed by atoms with E-state index in [9.17, 15) is 9.90 Å². The van der Waals surface area contributed by atoms with Crippen molar-refractivity contribution < 1.29 is 14.3 Å². The van der Waals surface area contributed by atoms with E-state index in [-0.39, 0.29) is 18.7 Å². The van der Waals surface area contributed by atoms with Crippen LogP contribution in [0.5, 0.6) is 0 Å². The molecule has 27 heavy (non-hydrogen) atoms. The SMILES string of the molecule is Cc1nnc(-c2ccc(C)c(NC(=O)NCCN3CCCC[C@H]3CO)c2)o1. The first-order chi connectivity index (χ1) is 13.1. The van der Waals surface area contributed by atoms with Crippen LogP contribution in [-0.4, -0.2) is 58.5 Å². The number of carbonyl (C=O) groups is 1. The number of hydrogen-bond acceptors (Lipinski definition) is 6. The fourth-order valence-electron chi connectivity index (χ4n) is 3.34. The lowest BCUT2D eigenvalue weighted by Crippen LogP contribution is -2.46. The Morgan fingerprint density at radius 2 is 2.19 bits per heavy atom. The first kappa shape index (κ1) is 19.3. The molecule has 0 unspecified atom stereocenters. The Hall–Kier alpha value is -2.45. The maximum Gasteiger partial charge on any atom is 0.319 e. The molecule has 0 saturated carbocycles. The molecule has 0 radical (unpaired) electrons. The number of likely N-dealkylation sites (tertiary alicyclic amines) is 1. The number of amides is 2. The summed E-state index contributed by atoms with van der Waals surface area (Å²) >= 11 is 0. The van der Waals surface area contributed by atoms with Crippen LogP contribution in [0.3, 0.4) is 0 Å². The number of benzene rings is 1. The van der Waals surface area contributed by atoms with Crippen molar-refractivity contribution in [3.63, 3.8) is 0 Å². The van der Waals surface area contributed by atoms with Gasteiger partial charge in [0.05, 0.1) is 6.61 Å². The maximum absolute atomic E-state index is 12.3. The molecule has 2 heterocycles.